The van der Waals surface area contributed by atoms with Crippen LogP contribution in [-0.4, -0.2) is 28.5 Å². The molecule has 1 aliphatic carbocycles. The zero-order valence-corrected chi connectivity index (χ0v) is 15.5. The fraction of sp³-hybridized carbons (Fsp3) is 0.364. The quantitative estimate of drug-likeness (QED) is 0.650. The lowest BCUT2D eigenvalue weighted by Crippen LogP contribution is -2.38. The summed E-state index contributed by atoms with van der Waals surface area (Å²) in [7, 11) is 0. The lowest BCUT2D eigenvalue weighted by atomic mass is 9.70. The number of carbonyl (C=O) groups is 2. The predicted molar refractivity (Wildman–Crippen MR) is 101 cm³/mol. The van der Waals surface area contributed by atoms with Crippen LogP contribution in [0.2, 0.25) is 0 Å². The minimum absolute atomic E-state index is 0.255. The highest BCUT2D eigenvalue weighted by molar-refractivity contribution is 5.93. The molecule has 5 heteroatoms. The van der Waals surface area contributed by atoms with Gasteiger partial charge in [0.15, 0.2) is 0 Å². The van der Waals surface area contributed by atoms with Gasteiger partial charge in [0, 0.05) is 18.7 Å². The highest BCUT2D eigenvalue weighted by Gasteiger charge is 2.47. The van der Waals surface area contributed by atoms with E-state index in [9.17, 15) is 9.59 Å². The zero-order valence-electron chi connectivity index (χ0n) is 15.5. The predicted octanol–water partition coefficient (Wildman–Crippen LogP) is 3.02. The molecule has 1 spiro atoms. The van der Waals surface area contributed by atoms with E-state index in [0.29, 0.717) is 12.1 Å². The minimum atomic E-state index is -0.501. The fourth-order valence-corrected chi connectivity index (χ4v) is 4.42. The molecular formula is C22H24N2O3. The number of likely N-dealkylation sites (tertiary alicyclic amines) is 1. The van der Waals surface area contributed by atoms with Crippen LogP contribution < -0.4 is 5.48 Å². The van der Waals surface area contributed by atoms with E-state index in [4.69, 9.17) is 5.21 Å². The normalized spacial score (nSPS) is 21.4. The summed E-state index contributed by atoms with van der Waals surface area (Å²) in [5, 5.41) is 8.81. The van der Waals surface area contributed by atoms with Crippen molar-refractivity contribution in [2.45, 2.75) is 39.2 Å². The van der Waals surface area contributed by atoms with Gasteiger partial charge < -0.3 is 4.90 Å². The summed E-state index contributed by atoms with van der Waals surface area (Å²) in [5.41, 5.74) is 6.45. The number of hydrogen-bond donors (Lipinski definition) is 2. The minimum Gasteiger partial charge on any atom is -0.338 e. The number of benzene rings is 2. The van der Waals surface area contributed by atoms with Crippen LogP contribution in [0, 0.1) is 12.3 Å². The average Bonchev–Trinajstić information content (AvgIpc) is 2.98. The van der Waals surface area contributed by atoms with Crippen molar-refractivity contribution < 1.29 is 14.8 Å². The van der Waals surface area contributed by atoms with E-state index in [2.05, 4.69) is 31.2 Å². The standard InChI is InChI=1S/C22H24N2O3/c1-15-2-4-16(5-3-15)14-24-11-10-22(21(24)26)9-8-17-12-18(20(25)23-27)6-7-19(17)13-22/h2-7,12,27H,8-11,13-14H2,1H3,(H,23,25)/t22-/m0/s1. The van der Waals surface area contributed by atoms with Crippen LogP contribution >= 0.6 is 0 Å². The first-order chi connectivity index (χ1) is 13.0. The van der Waals surface area contributed by atoms with Gasteiger partial charge in [0.1, 0.15) is 0 Å². The second kappa shape index (κ2) is 6.82. The largest absolute Gasteiger partial charge is 0.338 e. The van der Waals surface area contributed by atoms with Gasteiger partial charge in [0.2, 0.25) is 5.91 Å². The van der Waals surface area contributed by atoms with Gasteiger partial charge in [0.05, 0.1) is 5.41 Å². The number of nitrogens with one attached hydrogen (secondary N) is 1. The smallest absolute Gasteiger partial charge is 0.274 e. The molecule has 5 nitrogen and oxygen atoms in total. The summed E-state index contributed by atoms with van der Waals surface area (Å²) < 4.78 is 0. The fourth-order valence-electron chi connectivity index (χ4n) is 4.42. The first kappa shape index (κ1) is 17.7. The molecule has 140 valence electrons. The van der Waals surface area contributed by atoms with Crippen LogP contribution in [0.15, 0.2) is 42.5 Å². The van der Waals surface area contributed by atoms with Crippen molar-refractivity contribution in [3.63, 3.8) is 0 Å². The van der Waals surface area contributed by atoms with Crippen LogP contribution in [0.1, 0.15) is 45.5 Å². The Morgan fingerprint density at radius 1 is 1.15 bits per heavy atom. The monoisotopic (exact) mass is 364 g/mol. The molecule has 1 aliphatic heterocycles. The molecule has 0 unspecified atom stereocenters. The molecule has 0 saturated carbocycles. The molecule has 0 bridgehead atoms. The maximum atomic E-state index is 13.2. The van der Waals surface area contributed by atoms with Crippen molar-refractivity contribution in [3.8, 4) is 0 Å². The van der Waals surface area contributed by atoms with Crippen molar-refractivity contribution in [2.24, 2.45) is 5.41 Å². The van der Waals surface area contributed by atoms with Crippen LogP contribution in [0.5, 0.6) is 0 Å². The molecule has 27 heavy (non-hydrogen) atoms. The van der Waals surface area contributed by atoms with Gasteiger partial charge in [0.25, 0.3) is 5.91 Å². The van der Waals surface area contributed by atoms with Gasteiger partial charge >= 0.3 is 0 Å². The third-order valence-corrected chi connectivity index (χ3v) is 6.07. The Balaban J connectivity index is 1.51. The number of carbonyl (C=O) groups excluding carboxylic acids is 2. The van der Waals surface area contributed by atoms with Gasteiger partial charge in [-0.05, 0) is 61.4 Å². The van der Waals surface area contributed by atoms with Crippen LogP contribution in [0.4, 0.5) is 0 Å². The maximum absolute atomic E-state index is 13.2. The number of rotatable bonds is 3. The van der Waals surface area contributed by atoms with E-state index in [0.717, 1.165) is 43.4 Å². The molecule has 0 aromatic heterocycles. The van der Waals surface area contributed by atoms with Gasteiger partial charge in [-0.1, -0.05) is 35.9 Å². The summed E-state index contributed by atoms with van der Waals surface area (Å²) in [6, 6.07) is 13.8. The van der Waals surface area contributed by atoms with Crippen LogP contribution in [0.3, 0.4) is 0 Å². The number of aryl methyl sites for hydroxylation is 2. The van der Waals surface area contributed by atoms with Crippen molar-refractivity contribution in [1.29, 1.82) is 0 Å². The van der Waals surface area contributed by atoms with Gasteiger partial charge in [-0.3, -0.25) is 14.8 Å². The highest BCUT2D eigenvalue weighted by atomic mass is 16.5. The second-order valence-electron chi connectivity index (χ2n) is 7.84. The SMILES string of the molecule is Cc1ccc(CN2CC[C@]3(CCc4cc(C(=O)NO)ccc4C3)C2=O)cc1. The maximum Gasteiger partial charge on any atom is 0.274 e. The third kappa shape index (κ3) is 3.23. The molecule has 2 aromatic carbocycles. The number of nitrogens with zero attached hydrogens (tertiary/aromatic N) is 1. The molecule has 4 rings (SSSR count). The molecule has 1 saturated heterocycles. The zero-order chi connectivity index (χ0) is 19.0. The first-order valence-corrected chi connectivity index (χ1v) is 9.42. The van der Waals surface area contributed by atoms with Crippen LogP contribution in [0.25, 0.3) is 0 Å². The number of fused-ring (bicyclic) bond motifs is 1. The number of hydrogen-bond acceptors (Lipinski definition) is 3. The first-order valence-electron chi connectivity index (χ1n) is 9.42. The summed E-state index contributed by atoms with van der Waals surface area (Å²) in [5.74, 6) is -0.245. The molecule has 1 atom stereocenters. The molecule has 2 aromatic rings. The number of amides is 2. The van der Waals surface area contributed by atoms with E-state index >= 15 is 0 Å². The lowest BCUT2D eigenvalue weighted by Gasteiger charge is -2.33. The summed E-state index contributed by atoms with van der Waals surface area (Å²) in [6.45, 7) is 3.53. The Hall–Kier alpha value is -2.66. The summed E-state index contributed by atoms with van der Waals surface area (Å²) >= 11 is 0. The molecule has 1 fully saturated rings. The van der Waals surface area contributed by atoms with Crippen molar-refractivity contribution >= 4 is 11.8 Å². The van der Waals surface area contributed by atoms with E-state index < -0.39 is 5.91 Å². The van der Waals surface area contributed by atoms with Crippen molar-refractivity contribution in [2.75, 3.05) is 6.54 Å². The van der Waals surface area contributed by atoms with Crippen molar-refractivity contribution in [1.82, 2.24) is 10.4 Å². The Bertz CT molecular complexity index is 891. The summed E-state index contributed by atoms with van der Waals surface area (Å²) in [4.78, 5) is 26.8. The van der Waals surface area contributed by atoms with Gasteiger partial charge in [-0.2, -0.15) is 0 Å². The molecule has 2 aliphatic rings. The molecule has 1 heterocycles. The number of hydroxylamine groups is 1. The molecular weight excluding hydrogens is 340 g/mol. The van der Waals surface area contributed by atoms with E-state index in [1.807, 2.05) is 17.0 Å². The Kier molecular flexibility index (Phi) is 4.48. The molecule has 2 amide bonds. The van der Waals surface area contributed by atoms with Crippen molar-refractivity contribution in [3.05, 3.63) is 70.3 Å². The van der Waals surface area contributed by atoms with Gasteiger partial charge in [-0.25, -0.2) is 5.48 Å². The van der Waals surface area contributed by atoms with E-state index in [-0.39, 0.29) is 11.3 Å². The summed E-state index contributed by atoms with van der Waals surface area (Å²) in [6.07, 6.45) is 3.21. The van der Waals surface area contributed by atoms with Gasteiger partial charge in [-0.15, -0.1) is 0 Å². The Morgan fingerprint density at radius 2 is 1.93 bits per heavy atom. The Morgan fingerprint density at radius 3 is 2.67 bits per heavy atom. The average molecular weight is 364 g/mol. The third-order valence-electron chi connectivity index (χ3n) is 6.07. The van der Waals surface area contributed by atoms with E-state index in [1.165, 1.54) is 11.1 Å². The highest BCUT2D eigenvalue weighted by Crippen LogP contribution is 2.44. The topological polar surface area (TPSA) is 69.6 Å². The lowest BCUT2D eigenvalue weighted by molar-refractivity contribution is -0.137. The molecule has 0 radical (unpaired) electrons. The Labute approximate surface area is 159 Å². The second-order valence-corrected chi connectivity index (χ2v) is 7.84. The van der Waals surface area contributed by atoms with E-state index in [1.54, 1.807) is 11.5 Å². The molecule has 2 N–H and O–H groups in total. The van der Waals surface area contributed by atoms with Crippen LogP contribution in [-0.2, 0) is 24.2 Å².